The van der Waals surface area contributed by atoms with E-state index in [2.05, 4.69) is 17.1 Å². The van der Waals surface area contributed by atoms with E-state index in [0.717, 1.165) is 30.5 Å². The van der Waals surface area contributed by atoms with Gasteiger partial charge in [-0.1, -0.05) is 30.3 Å². The van der Waals surface area contributed by atoms with E-state index in [1.54, 1.807) is 12.1 Å². The number of carbonyl (C=O) groups is 1. The lowest BCUT2D eigenvalue weighted by atomic mass is 10.0. The Hall–Kier alpha value is -2.62. The summed E-state index contributed by atoms with van der Waals surface area (Å²) in [7, 11) is 0. The largest absolute Gasteiger partial charge is 0.358 e. The molecule has 2 aromatic carbocycles. The van der Waals surface area contributed by atoms with Crippen LogP contribution >= 0.6 is 0 Å². The monoisotopic (exact) mass is 334 g/mol. The fourth-order valence-corrected chi connectivity index (χ4v) is 4.14. The minimum atomic E-state index is -0.227. The van der Waals surface area contributed by atoms with E-state index < -0.39 is 0 Å². The average molecular weight is 334 g/mol. The Morgan fingerprint density at radius 2 is 1.92 bits per heavy atom. The number of nitrogens with zero attached hydrogens (tertiary/aromatic N) is 1. The summed E-state index contributed by atoms with van der Waals surface area (Å²) < 4.78 is 13.1. The summed E-state index contributed by atoms with van der Waals surface area (Å²) in [5.41, 5.74) is 4.74. The van der Waals surface area contributed by atoms with Gasteiger partial charge in [-0.3, -0.25) is 4.79 Å². The molecule has 0 spiro atoms. The maximum Gasteiger partial charge on any atom is 0.226 e. The number of aromatic nitrogens is 1. The first-order chi connectivity index (χ1) is 12.2. The fourth-order valence-electron chi connectivity index (χ4n) is 4.14. The number of nitrogens with one attached hydrogen (secondary N) is 1. The second-order valence-corrected chi connectivity index (χ2v) is 7.14. The highest BCUT2D eigenvalue weighted by molar-refractivity contribution is 5.87. The van der Waals surface area contributed by atoms with Crippen molar-refractivity contribution in [2.45, 2.75) is 25.3 Å². The van der Waals surface area contributed by atoms with Gasteiger partial charge in [0.25, 0.3) is 0 Å². The van der Waals surface area contributed by atoms with Gasteiger partial charge in [0.15, 0.2) is 0 Å². The summed E-state index contributed by atoms with van der Waals surface area (Å²) >= 11 is 0. The zero-order valence-electron chi connectivity index (χ0n) is 13.8. The van der Waals surface area contributed by atoms with Gasteiger partial charge in [0.2, 0.25) is 5.91 Å². The number of halogens is 1. The van der Waals surface area contributed by atoms with E-state index in [4.69, 9.17) is 0 Å². The number of rotatable bonds is 2. The normalized spacial score (nSPS) is 22.0. The van der Waals surface area contributed by atoms with Gasteiger partial charge < -0.3 is 9.88 Å². The second-order valence-electron chi connectivity index (χ2n) is 7.14. The summed E-state index contributed by atoms with van der Waals surface area (Å²) in [6, 6.07) is 14.9. The number of H-pyrrole nitrogens is 1. The number of fused-ring (bicyclic) bond motifs is 3. The Kier molecular flexibility index (Phi) is 3.20. The second kappa shape index (κ2) is 5.45. The summed E-state index contributed by atoms with van der Waals surface area (Å²) in [6.45, 7) is 1.45. The maximum absolute atomic E-state index is 13.1. The van der Waals surface area contributed by atoms with Crippen molar-refractivity contribution in [1.82, 2.24) is 9.88 Å². The van der Waals surface area contributed by atoms with Gasteiger partial charge >= 0.3 is 0 Å². The summed E-state index contributed by atoms with van der Waals surface area (Å²) in [4.78, 5) is 18.4. The third-order valence-electron chi connectivity index (χ3n) is 5.60. The molecule has 1 N–H and O–H groups in total. The van der Waals surface area contributed by atoms with E-state index in [-0.39, 0.29) is 23.6 Å². The van der Waals surface area contributed by atoms with Crippen LogP contribution in [0.4, 0.5) is 4.39 Å². The van der Waals surface area contributed by atoms with E-state index in [1.165, 1.54) is 28.8 Å². The van der Waals surface area contributed by atoms with Gasteiger partial charge in [-0.05, 0) is 36.1 Å². The van der Waals surface area contributed by atoms with Gasteiger partial charge in [0.05, 0.1) is 0 Å². The van der Waals surface area contributed by atoms with Crippen LogP contribution in [0.25, 0.3) is 10.9 Å². The van der Waals surface area contributed by atoms with Gasteiger partial charge in [-0.25, -0.2) is 4.39 Å². The molecule has 0 radical (unpaired) electrons. The van der Waals surface area contributed by atoms with Crippen LogP contribution in [0.5, 0.6) is 0 Å². The van der Waals surface area contributed by atoms with Crippen molar-refractivity contribution in [1.29, 1.82) is 0 Å². The molecule has 3 aromatic rings. The maximum atomic E-state index is 13.1. The Bertz CT molecular complexity index is 960. The zero-order chi connectivity index (χ0) is 17.0. The summed E-state index contributed by atoms with van der Waals surface area (Å²) in [5, 5.41) is 1.22. The standard InChI is InChI=1S/C21H19FN2O/c22-14-7-5-13(6-8-14)16-11-17(16)21(25)24-10-9-20-18(12-24)15-3-1-2-4-19(15)23-20/h1-8,16-17,23H,9-12H2/t16-,17+/m0/s1. The number of para-hydroxylation sites is 1. The first-order valence-corrected chi connectivity index (χ1v) is 8.83. The van der Waals surface area contributed by atoms with Crippen LogP contribution in [-0.4, -0.2) is 22.3 Å². The van der Waals surface area contributed by atoms with E-state index in [1.807, 2.05) is 17.0 Å². The van der Waals surface area contributed by atoms with E-state index in [9.17, 15) is 9.18 Å². The van der Waals surface area contributed by atoms with Crippen LogP contribution < -0.4 is 0 Å². The molecule has 2 atom stereocenters. The van der Waals surface area contributed by atoms with Crippen LogP contribution in [-0.2, 0) is 17.8 Å². The van der Waals surface area contributed by atoms with E-state index in [0.29, 0.717) is 6.54 Å². The molecule has 5 rings (SSSR count). The van der Waals surface area contributed by atoms with Crippen molar-refractivity contribution in [3.8, 4) is 0 Å². The Balaban J connectivity index is 1.35. The molecule has 25 heavy (non-hydrogen) atoms. The fraction of sp³-hybridized carbons (Fsp3) is 0.286. The molecule has 2 heterocycles. The van der Waals surface area contributed by atoms with Crippen LogP contribution in [0.15, 0.2) is 48.5 Å². The number of benzene rings is 2. The summed E-state index contributed by atoms with van der Waals surface area (Å²) in [5.74, 6) is 0.315. The number of hydrogen-bond donors (Lipinski definition) is 1. The Labute approximate surface area is 145 Å². The van der Waals surface area contributed by atoms with Gasteiger partial charge in [-0.2, -0.15) is 0 Å². The van der Waals surface area contributed by atoms with Crippen molar-refractivity contribution >= 4 is 16.8 Å². The predicted molar refractivity (Wildman–Crippen MR) is 94.7 cm³/mol. The molecular weight excluding hydrogens is 315 g/mol. The van der Waals surface area contributed by atoms with Crippen molar-refractivity contribution in [2.75, 3.05) is 6.54 Å². The molecule has 0 bridgehead atoms. The van der Waals surface area contributed by atoms with Crippen molar-refractivity contribution in [2.24, 2.45) is 5.92 Å². The third kappa shape index (κ3) is 2.44. The molecule has 1 fully saturated rings. The molecule has 126 valence electrons. The lowest BCUT2D eigenvalue weighted by molar-refractivity contribution is -0.133. The third-order valence-corrected chi connectivity index (χ3v) is 5.60. The molecule has 3 nitrogen and oxygen atoms in total. The first kappa shape index (κ1) is 14.7. The minimum Gasteiger partial charge on any atom is -0.358 e. The van der Waals surface area contributed by atoms with Crippen LogP contribution in [0.3, 0.4) is 0 Å². The quantitative estimate of drug-likeness (QED) is 0.756. The Morgan fingerprint density at radius 1 is 1.12 bits per heavy atom. The SMILES string of the molecule is O=C([C@@H]1C[C@H]1c1ccc(F)cc1)N1CCc2[nH]c3ccccc3c2C1. The highest BCUT2D eigenvalue weighted by atomic mass is 19.1. The summed E-state index contributed by atoms with van der Waals surface area (Å²) in [6.07, 6.45) is 1.76. The lowest BCUT2D eigenvalue weighted by Gasteiger charge is -2.27. The molecule has 1 amide bonds. The smallest absolute Gasteiger partial charge is 0.226 e. The molecule has 0 saturated heterocycles. The van der Waals surface area contributed by atoms with Crippen LogP contribution in [0.1, 0.15) is 29.2 Å². The topological polar surface area (TPSA) is 36.1 Å². The molecule has 1 aliphatic carbocycles. The van der Waals surface area contributed by atoms with Gasteiger partial charge in [-0.15, -0.1) is 0 Å². The van der Waals surface area contributed by atoms with E-state index >= 15 is 0 Å². The van der Waals surface area contributed by atoms with Crippen molar-refractivity contribution in [3.63, 3.8) is 0 Å². The van der Waals surface area contributed by atoms with Crippen molar-refractivity contribution < 1.29 is 9.18 Å². The van der Waals surface area contributed by atoms with Crippen LogP contribution in [0, 0.1) is 11.7 Å². The molecule has 2 aliphatic rings. The molecule has 1 aliphatic heterocycles. The first-order valence-electron chi connectivity index (χ1n) is 8.83. The highest BCUT2D eigenvalue weighted by Crippen LogP contribution is 2.49. The molecule has 0 unspecified atom stereocenters. The molecule has 1 aromatic heterocycles. The predicted octanol–water partition coefficient (Wildman–Crippen LogP) is 4.00. The van der Waals surface area contributed by atoms with Gasteiger partial charge in [0.1, 0.15) is 5.82 Å². The van der Waals surface area contributed by atoms with Crippen molar-refractivity contribution in [3.05, 3.63) is 71.2 Å². The number of carbonyl (C=O) groups excluding carboxylic acids is 1. The zero-order valence-corrected chi connectivity index (χ0v) is 13.8. The van der Waals surface area contributed by atoms with Crippen LogP contribution in [0.2, 0.25) is 0 Å². The number of amides is 1. The number of hydrogen-bond acceptors (Lipinski definition) is 1. The highest BCUT2D eigenvalue weighted by Gasteiger charge is 2.46. The van der Waals surface area contributed by atoms with Gasteiger partial charge in [0, 0.05) is 47.6 Å². The lowest BCUT2D eigenvalue weighted by Crippen LogP contribution is -2.37. The molecular formula is C21H19FN2O. The number of aromatic amines is 1. The minimum absolute atomic E-state index is 0.0530. The average Bonchev–Trinajstić information content (AvgIpc) is 3.35. The molecule has 4 heteroatoms. The molecule has 1 saturated carbocycles. The Morgan fingerprint density at radius 3 is 2.76 bits per heavy atom.